The number of benzene rings is 2. The fourth-order valence-corrected chi connectivity index (χ4v) is 4.82. The summed E-state index contributed by atoms with van der Waals surface area (Å²) < 4.78 is 36.2. The molecule has 6 nitrogen and oxygen atoms in total. The number of esters is 1. The third kappa shape index (κ3) is 4.80. The zero-order valence-electron chi connectivity index (χ0n) is 18.1. The molecule has 1 atom stereocenters. The van der Waals surface area contributed by atoms with Gasteiger partial charge in [0.2, 0.25) is 0 Å². The van der Waals surface area contributed by atoms with Gasteiger partial charge in [0.15, 0.2) is 4.80 Å². The van der Waals surface area contributed by atoms with Gasteiger partial charge in [-0.2, -0.15) is 8.78 Å². The minimum absolute atomic E-state index is 0.0195. The van der Waals surface area contributed by atoms with E-state index < -0.39 is 18.6 Å². The summed E-state index contributed by atoms with van der Waals surface area (Å²) in [6, 6.07) is 12.1. The van der Waals surface area contributed by atoms with Gasteiger partial charge in [-0.15, -0.1) is 0 Å². The number of allylic oxidation sites excluding steroid dienone is 1. The van der Waals surface area contributed by atoms with Crippen LogP contribution in [-0.2, 0) is 9.53 Å². The van der Waals surface area contributed by atoms with Crippen LogP contribution in [0.4, 0.5) is 8.78 Å². The van der Waals surface area contributed by atoms with Gasteiger partial charge in [-0.1, -0.05) is 47.2 Å². The molecule has 2 aromatic carbocycles. The molecule has 3 aromatic rings. The van der Waals surface area contributed by atoms with Crippen molar-refractivity contribution in [1.29, 1.82) is 0 Å². The van der Waals surface area contributed by atoms with Crippen LogP contribution in [0.1, 0.15) is 31.0 Å². The minimum atomic E-state index is -2.92. The molecule has 1 aliphatic rings. The number of aromatic nitrogens is 1. The van der Waals surface area contributed by atoms with E-state index >= 15 is 0 Å². The van der Waals surface area contributed by atoms with Crippen molar-refractivity contribution >= 4 is 35.0 Å². The maximum absolute atomic E-state index is 13.5. The zero-order valence-corrected chi connectivity index (χ0v) is 19.7. The first-order valence-corrected chi connectivity index (χ1v) is 11.5. The molecule has 34 heavy (non-hydrogen) atoms. The van der Waals surface area contributed by atoms with Gasteiger partial charge in [0.1, 0.15) is 5.75 Å². The molecule has 0 saturated carbocycles. The Hall–Kier alpha value is -3.30. The van der Waals surface area contributed by atoms with Crippen LogP contribution in [0.3, 0.4) is 0 Å². The van der Waals surface area contributed by atoms with Gasteiger partial charge in [0, 0.05) is 5.02 Å². The number of carbonyl (C=O) groups is 1. The highest BCUT2D eigenvalue weighted by atomic mass is 35.5. The van der Waals surface area contributed by atoms with E-state index in [4.69, 9.17) is 16.3 Å². The van der Waals surface area contributed by atoms with E-state index in [-0.39, 0.29) is 23.5 Å². The summed E-state index contributed by atoms with van der Waals surface area (Å²) in [5.41, 5.74) is 1.70. The van der Waals surface area contributed by atoms with Gasteiger partial charge in [-0.25, -0.2) is 9.79 Å². The standard InChI is InChI=1S/C24H19ClF2N2O4S/c1-3-32-22(31)19-13(2)28-24-29(20(19)15-6-8-16(25)9-7-15)21(30)18(34-24)12-14-4-10-17(11-5-14)33-23(26)27/h4-12,20,23H,3H2,1-2H3/b18-12+/t20-/m0/s1. The lowest BCUT2D eigenvalue weighted by molar-refractivity contribution is -0.139. The van der Waals surface area contributed by atoms with Crippen molar-refractivity contribution in [1.82, 2.24) is 4.57 Å². The summed E-state index contributed by atoms with van der Waals surface area (Å²) in [6.45, 7) is 0.670. The summed E-state index contributed by atoms with van der Waals surface area (Å²) >= 11 is 7.22. The Kier molecular flexibility index (Phi) is 6.95. The molecule has 4 rings (SSSR count). The molecule has 0 unspecified atom stereocenters. The molecule has 0 radical (unpaired) electrons. The quantitative estimate of drug-likeness (QED) is 0.475. The summed E-state index contributed by atoms with van der Waals surface area (Å²) in [7, 11) is 0. The smallest absolute Gasteiger partial charge is 0.387 e. The van der Waals surface area contributed by atoms with Crippen molar-refractivity contribution < 1.29 is 23.0 Å². The molecule has 0 spiro atoms. The Labute approximate surface area is 202 Å². The van der Waals surface area contributed by atoms with Gasteiger partial charge in [-0.05, 0) is 55.3 Å². The molecule has 2 heterocycles. The van der Waals surface area contributed by atoms with Crippen LogP contribution in [0, 0.1) is 0 Å². The number of hydrogen-bond acceptors (Lipinski definition) is 6. The number of alkyl halides is 2. The van der Waals surface area contributed by atoms with Crippen LogP contribution in [0.5, 0.6) is 5.75 Å². The molecular weight excluding hydrogens is 486 g/mol. The van der Waals surface area contributed by atoms with E-state index in [1.54, 1.807) is 56.3 Å². The highest BCUT2D eigenvalue weighted by molar-refractivity contribution is 7.07. The number of rotatable bonds is 6. The molecular formula is C24H19ClF2N2O4S. The summed E-state index contributed by atoms with van der Waals surface area (Å²) in [6.07, 6.45) is 1.64. The maximum atomic E-state index is 13.5. The lowest BCUT2D eigenvalue weighted by atomic mass is 9.96. The Morgan fingerprint density at radius 2 is 1.88 bits per heavy atom. The molecule has 176 valence electrons. The van der Waals surface area contributed by atoms with Gasteiger partial charge < -0.3 is 9.47 Å². The second-order valence-corrected chi connectivity index (χ2v) is 8.75. The number of halogens is 3. The van der Waals surface area contributed by atoms with Gasteiger partial charge in [0.05, 0.1) is 28.5 Å². The third-order valence-electron chi connectivity index (χ3n) is 5.11. The van der Waals surface area contributed by atoms with Crippen LogP contribution in [0.25, 0.3) is 6.08 Å². The second kappa shape index (κ2) is 9.90. The van der Waals surface area contributed by atoms with E-state index in [2.05, 4.69) is 9.73 Å². The first kappa shape index (κ1) is 23.8. The average Bonchev–Trinajstić information content (AvgIpc) is 3.09. The number of carbonyl (C=O) groups excluding carboxylic acids is 1. The molecule has 0 bridgehead atoms. The molecule has 0 saturated heterocycles. The number of nitrogens with zero attached hydrogens (tertiary/aromatic N) is 2. The van der Waals surface area contributed by atoms with Crippen molar-refractivity contribution in [3.63, 3.8) is 0 Å². The summed E-state index contributed by atoms with van der Waals surface area (Å²) in [5.74, 6) is -0.529. The largest absolute Gasteiger partial charge is 0.463 e. The lowest BCUT2D eigenvalue weighted by Gasteiger charge is -2.24. The van der Waals surface area contributed by atoms with Crippen molar-refractivity contribution in [2.75, 3.05) is 6.61 Å². The Balaban J connectivity index is 1.85. The molecule has 0 fully saturated rings. The topological polar surface area (TPSA) is 69.9 Å². The molecule has 10 heteroatoms. The predicted molar refractivity (Wildman–Crippen MR) is 125 cm³/mol. The first-order valence-electron chi connectivity index (χ1n) is 10.3. The van der Waals surface area contributed by atoms with Gasteiger partial charge in [-0.3, -0.25) is 9.36 Å². The maximum Gasteiger partial charge on any atom is 0.387 e. The van der Waals surface area contributed by atoms with Gasteiger partial charge in [0.25, 0.3) is 5.56 Å². The van der Waals surface area contributed by atoms with E-state index in [0.29, 0.717) is 31.2 Å². The number of fused-ring (bicyclic) bond motifs is 1. The molecule has 0 N–H and O–H groups in total. The summed E-state index contributed by atoms with van der Waals surface area (Å²) in [4.78, 5) is 31.2. The SMILES string of the molecule is CCOC(=O)C1=C(C)N=c2s/c(=C/c3ccc(OC(F)F)cc3)c(=O)n2[C@H]1c1ccc(Cl)cc1. The number of ether oxygens (including phenoxy) is 2. The highest BCUT2D eigenvalue weighted by Crippen LogP contribution is 2.31. The van der Waals surface area contributed by atoms with Crippen LogP contribution < -0.4 is 19.6 Å². The molecule has 0 amide bonds. The van der Waals surface area contributed by atoms with Crippen molar-refractivity contribution in [3.8, 4) is 5.75 Å². The van der Waals surface area contributed by atoms with E-state index in [1.807, 2.05) is 0 Å². The Morgan fingerprint density at radius 1 is 1.21 bits per heavy atom. The number of hydrogen-bond donors (Lipinski definition) is 0. The lowest BCUT2D eigenvalue weighted by Crippen LogP contribution is -2.39. The molecule has 0 aliphatic carbocycles. The summed E-state index contributed by atoms with van der Waals surface area (Å²) in [5, 5.41) is 0.522. The monoisotopic (exact) mass is 504 g/mol. The van der Waals surface area contributed by atoms with Crippen LogP contribution in [0.2, 0.25) is 5.02 Å². The number of thiazole rings is 1. The van der Waals surface area contributed by atoms with Crippen LogP contribution in [-0.4, -0.2) is 23.8 Å². The Bertz CT molecular complexity index is 1430. The normalized spacial score (nSPS) is 15.8. The van der Waals surface area contributed by atoms with Crippen LogP contribution >= 0.6 is 22.9 Å². The fourth-order valence-electron chi connectivity index (χ4n) is 3.65. The molecule has 1 aliphatic heterocycles. The van der Waals surface area contributed by atoms with Gasteiger partial charge >= 0.3 is 12.6 Å². The van der Waals surface area contributed by atoms with Crippen molar-refractivity contribution in [3.05, 3.63) is 95.6 Å². The second-order valence-electron chi connectivity index (χ2n) is 7.30. The highest BCUT2D eigenvalue weighted by Gasteiger charge is 2.33. The minimum Gasteiger partial charge on any atom is -0.463 e. The predicted octanol–water partition coefficient (Wildman–Crippen LogP) is 4.05. The Morgan fingerprint density at radius 3 is 2.50 bits per heavy atom. The fraction of sp³-hybridized carbons (Fsp3) is 0.208. The van der Waals surface area contributed by atoms with E-state index in [1.165, 1.54) is 28.0 Å². The van der Waals surface area contributed by atoms with E-state index in [9.17, 15) is 18.4 Å². The molecule has 1 aromatic heterocycles. The van der Waals surface area contributed by atoms with E-state index in [0.717, 1.165) is 0 Å². The van der Waals surface area contributed by atoms with Crippen molar-refractivity contribution in [2.24, 2.45) is 4.99 Å². The average molecular weight is 505 g/mol. The zero-order chi connectivity index (χ0) is 24.4. The third-order valence-corrected chi connectivity index (χ3v) is 6.34. The first-order chi connectivity index (χ1) is 16.3. The van der Waals surface area contributed by atoms with Crippen LogP contribution in [0.15, 0.2) is 69.6 Å². The van der Waals surface area contributed by atoms with Crippen molar-refractivity contribution in [2.45, 2.75) is 26.5 Å².